The second-order valence-electron chi connectivity index (χ2n) is 1.34. The molecule has 0 spiro atoms. The minimum Gasteiger partial charge on any atom is -0.480 e. The molecule has 0 saturated heterocycles. The quantitative estimate of drug-likeness (QED) is 0.409. The van der Waals surface area contributed by atoms with E-state index in [-0.39, 0.29) is 12.4 Å². The summed E-state index contributed by atoms with van der Waals surface area (Å²) in [5.74, 6) is -2.33. The number of hydrogen-bond donors (Lipinski definition) is 2. The Bertz CT molecular complexity index is 137. The van der Waals surface area contributed by atoms with Crippen LogP contribution in [0, 0.1) is 0 Å². The van der Waals surface area contributed by atoms with Gasteiger partial charge in [-0.3, -0.25) is 0 Å². The number of esters is 1. The maximum Gasteiger partial charge on any atom is 0.334 e. The molecule has 0 aliphatic carbocycles. The molecule has 5 nitrogen and oxygen atoms in total. The number of carboxylic acids is 1. The molecule has 0 heterocycles. The molecule has 6 heteroatoms. The van der Waals surface area contributed by atoms with E-state index in [4.69, 9.17) is 10.8 Å². The zero-order valence-corrected chi connectivity index (χ0v) is 6.05. The average molecular weight is 170 g/mol. The number of carboxylic acid groups (broad SMARTS) is 1. The van der Waals surface area contributed by atoms with Gasteiger partial charge >= 0.3 is 11.9 Å². The van der Waals surface area contributed by atoms with Crippen molar-refractivity contribution in [1.82, 2.24) is 0 Å². The minimum absolute atomic E-state index is 0. The molecule has 0 aromatic carbocycles. The first-order valence-electron chi connectivity index (χ1n) is 2.15. The van der Waals surface area contributed by atoms with E-state index in [0.29, 0.717) is 0 Å². The highest BCUT2D eigenvalue weighted by molar-refractivity contribution is 5.97. The number of halogens is 1. The van der Waals surface area contributed by atoms with E-state index >= 15 is 0 Å². The number of carbonyl (C=O) groups excluding carboxylic acids is 1. The molecule has 0 aliphatic heterocycles. The molecule has 10 heavy (non-hydrogen) atoms. The van der Waals surface area contributed by atoms with Gasteiger partial charge in [-0.15, -0.1) is 12.4 Å². The van der Waals surface area contributed by atoms with Crippen LogP contribution in [0.4, 0.5) is 0 Å². The second kappa shape index (κ2) is 5.01. The van der Waals surface area contributed by atoms with Gasteiger partial charge in [0.15, 0.2) is 0 Å². The summed E-state index contributed by atoms with van der Waals surface area (Å²) in [7, 11) is 1.07. The number of hydrogen-bond acceptors (Lipinski definition) is 4. The van der Waals surface area contributed by atoms with Crippen LogP contribution in [0.2, 0.25) is 0 Å². The third-order valence-electron chi connectivity index (χ3n) is 0.721. The van der Waals surface area contributed by atoms with Crippen molar-refractivity contribution >= 4 is 24.3 Å². The average Bonchev–Trinajstić information content (AvgIpc) is 1.84. The Morgan fingerprint density at radius 1 is 1.60 bits per heavy atom. The Balaban J connectivity index is 0. The fourth-order valence-corrected chi connectivity index (χ4v) is 0.228. The molecule has 0 unspecified atom stereocenters. The summed E-state index contributed by atoms with van der Waals surface area (Å²) in [6.45, 7) is 0. The van der Waals surface area contributed by atoms with Crippen LogP contribution in [0.3, 0.4) is 0 Å². The Kier molecular flexibility index (Phi) is 5.98. The predicted octanol–water partition coefficient (Wildman–Crippen LogP) is -1.01. The van der Waals surface area contributed by atoms with E-state index in [9.17, 15) is 9.59 Å². The van der Waals surface area contributed by atoms with Crippen molar-refractivity contribution in [2.45, 2.75) is 6.04 Å². The molecule has 1 atom stereocenters. The van der Waals surface area contributed by atoms with E-state index in [0.717, 1.165) is 7.11 Å². The SMILES string of the molecule is COC(=O)[C@@H](N)C(=O)O.Cl. The molecule has 0 aromatic rings. The fraction of sp³-hybridized carbons (Fsp3) is 0.500. The lowest BCUT2D eigenvalue weighted by molar-refractivity contribution is -0.151. The van der Waals surface area contributed by atoms with E-state index in [2.05, 4.69) is 4.74 Å². The Hall–Kier alpha value is -0.810. The second-order valence-corrected chi connectivity index (χ2v) is 1.34. The monoisotopic (exact) mass is 169 g/mol. The van der Waals surface area contributed by atoms with E-state index in [1.165, 1.54) is 0 Å². The van der Waals surface area contributed by atoms with Crippen LogP contribution >= 0.6 is 12.4 Å². The van der Waals surface area contributed by atoms with Crippen LogP contribution in [-0.2, 0) is 14.3 Å². The normalized spacial score (nSPS) is 11.0. The van der Waals surface area contributed by atoms with Crippen LogP contribution in [-0.4, -0.2) is 30.2 Å². The summed E-state index contributed by atoms with van der Waals surface area (Å²) in [6.07, 6.45) is 0. The molecule has 0 amide bonds. The van der Waals surface area contributed by atoms with Crippen molar-refractivity contribution in [3.8, 4) is 0 Å². The molecule has 60 valence electrons. The smallest absolute Gasteiger partial charge is 0.334 e. The molecule has 0 rings (SSSR count). The van der Waals surface area contributed by atoms with Crippen LogP contribution in [0.25, 0.3) is 0 Å². The third-order valence-corrected chi connectivity index (χ3v) is 0.721. The number of rotatable bonds is 2. The molecule has 3 N–H and O–H groups in total. The molecular weight excluding hydrogens is 162 g/mol. The van der Waals surface area contributed by atoms with E-state index in [1.54, 1.807) is 0 Å². The molecular formula is C4H8ClNO4. The summed E-state index contributed by atoms with van der Waals surface area (Å²) in [4.78, 5) is 20.1. The maximum atomic E-state index is 10.2. The Morgan fingerprint density at radius 2 is 2.00 bits per heavy atom. The van der Waals surface area contributed by atoms with Crippen molar-refractivity contribution < 1.29 is 19.4 Å². The van der Waals surface area contributed by atoms with Gasteiger partial charge < -0.3 is 15.6 Å². The summed E-state index contributed by atoms with van der Waals surface area (Å²) in [5.41, 5.74) is 4.80. The first kappa shape index (κ1) is 11.9. The predicted molar refractivity (Wildman–Crippen MR) is 34.9 cm³/mol. The van der Waals surface area contributed by atoms with Gasteiger partial charge in [0.1, 0.15) is 0 Å². The minimum atomic E-state index is -1.56. The molecule has 0 bridgehead atoms. The van der Waals surface area contributed by atoms with Crippen LogP contribution in [0.5, 0.6) is 0 Å². The van der Waals surface area contributed by atoms with Crippen molar-refractivity contribution in [1.29, 1.82) is 0 Å². The van der Waals surface area contributed by atoms with Crippen molar-refractivity contribution in [3.05, 3.63) is 0 Å². The van der Waals surface area contributed by atoms with Crippen LogP contribution in [0.15, 0.2) is 0 Å². The summed E-state index contributed by atoms with van der Waals surface area (Å²) in [5, 5.41) is 8.06. The lowest BCUT2D eigenvalue weighted by atomic mass is 10.3. The number of ether oxygens (including phenoxy) is 1. The van der Waals surface area contributed by atoms with Crippen molar-refractivity contribution in [2.75, 3.05) is 7.11 Å². The van der Waals surface area contributed by atoms with Gasteiger partial charge in [0.05, 0.1) is 7.11 Å². The lowest BCUT2D eigenvalue weighted by Crippen LogP contribution is -2.39. The van der Waals surface area contributed by atoms with Crippen LogP contribution in [0.1, 0.15) is 0 Å². The van der Waals surface area contributed by atoms with E-state index < -0.39 is 18.0 Å². The number of methoxy groups -OCH3 is 1. The largest absolute Gasteiger partial charge is 0.480 e. The molecule has 0 radical (unpaired) electrons. The standard InChI is InChI=1S/C4H7NO4.ClH/c1-9-4(8)2(5)3(6)7;/h2H,5H2,1H3,(H,6,7);1H/t2-;/m0./s1. The van der Waals surface area contributed by atoms with Gasteiger partial charge in [0.2, 0.25) is 6.04 Å². The first-order chi connectivity index (χ1) is 4.09. The first-order valence-corrected chi connectivity index (χ1v) is 2.15. The third kappa shape index (κ3) is 3.26. The van der Waals surface area contributed by atoms with Gasteiger partial charge in [-0.2, -0.15) is 0 Å². The number of aliphatic carboxylic acids is 1. The van der Waals surface area contributed by atoms with Crippen molar-refractivity contribution in [3.63, 3.8) is 0 Å². The Labute approximate surface area is 63.6 Å². The highest BCUT2D eigenvalue weighted by Crippen LogP contribution is 1.81. The summed E-state index contributed by atoms with van der Waals surface area (Å²) >= 11 is 0. The van der Waals surface area contributed by atoms with Gasteiger partial charge in [-0.1, -0.05) is 0 Å². The van der Waals surface area contributed by atoms with Gasteiger partial charge in [0.25, 0.3) is 0 Å². The molecule has 0 saturated carbocycles. The lowest BCUT2D eigenvalue weighted by Gasteiger charge is -2.00. The number of nitrogens with two attached hydrogens (primary N) is 1. The van der Waals surface area contributed by atoms with Crippen LogP contribution < -0.4 is 5.73 Å². The summed E-state index contributed by atoms with van der Waals surface area (Å²) in [6, 6.07) is -1.56. The molecule has 0 aliphatic rings. The van der Waals surface area contributed by atoms with Gasteiger partial charge in [-0.05, 0) is 0 Å². The van der Waals surface area contributed by atoms with Gasteiger partial charge in [-0.25, -0.2) is 9.59 Å². The zero-order valence-electron chi connectivity index (χ0n) is 5.23. The summed E-state index contributed by atoms with van der Waals surface area (Å²) < 4.78 is 4.03. The maximum absolute atomic E-state index is 10.2. The highest BCUT2D eigenvalue weighted by Gasteiger charge is 2.20. The van der Waals surface area contributed by atoms with E-state index in [1.807, 2.05) is 0 Å². The number of carbonyl (C=O) groups is 2. The molecule has 0 aromatic heterocycles. The fourth-order valence-electron chi connectivity index (χ4n) is 0.228. The zero-order chi connectivity index (χ0) is 7.44. The van der Waals surface area contributed by atoms with Gasteiger partial charge in [0, 0.05) is 0 Å². The van der Waals surface area contributed by atoms with Crippen molar-refractivity contribution in [2.24, 2.45) is 5.73 Å². The topological polar surface area (TPSA) is 89.6 Å². The Morgan fingerprint density at radius 3 is 2.10 bits per heavy atom. The molecule has 0 fully saturated rings. The highest BCUT2D eigenvalue weighted by atomic mass is 35.5.